The molecule has 2 unspecified atom stereocenters. The van der Waals surface area contributed by atoms with Gasteiger partial charge in [0.15, 0.2) is 0 Å². The average molecular weight is 272 g/mol. The van der Waals surface area contributed by atoms with Gasteiger partial charge in [0.1, 0.15) is 0 Å². The highest BCUT2D eigenvalue weighted by Crippen LogP contribution is 2.31. The minimum atomic E-state index is 0.463. The monoisotopic (exact) mass is 272 g/mol. The topological polar surface area (TPSA) is 15.3 Å². The lowest BCUT2D eigenvalue weighted by molar-refractivity contribution is 0.310. The summed E-state index contributed by atoms with van der Waals surface area (Å²) in [6, 6.07) is 8.18. The maximum absolute atomic E-state index is 3.76. The van der Waals surface area contributed by atoms with Crippen molar-refractivity contribution in [1.29, 1.82) is 0 Å². The maximum Gasteiger partial charge on any atom is 0.0294 e. The van der Waals surface area contributed by atoms with Gasteiger partial charge >= 0.3 is 0 Å². The number of hydrogen-bond acceptors (Lipinski definition) is 2. The molecule has 2 nitrogen and oxygen atoms in total. The number of aryl methyl sites for hydroxylation is 2. The van der Waals surface area contributed by atoms with Crippen LogP contribution in [-0.2, 0) is 0 Å². The minimum absolute atomic E-state index is 0.463. The molecule has 110 valence electrons. The molecule has 20 heavy (non-hydrogen) atoms. The fourth-order valence-corrected chi connectivity index (χ4v) is 3.48. The molecule has 1 saturated carbocycles. The summed E-state index contributed by atoms with van der Waals surface area (Å²) < 4.78 is 0. The Morgan fingerprint density at radius 1 is 1.25 bits per heavy atom. The molecule has 2 atom stereocenters. The zero-order valence-corrected chi connectivity index (χ0v) is 13.2. The van der Waals surface area contributed by atoms with Gasteiger partial charge in [-0.3, -0.25) is 0 Å². The van der Waals surface area contributed by atoms with Crippen LogP contribution in [0.5, 0.6) is 0 Å². The highest BCUT2D eigenvalue weighted by atomic mass is 15.2. The Bertz CT molecular complexity index is 464. The molecular weight excluding hydrogens is 244 g/mol. The quantitative estimate of drug-likeness (QED) is 0.883. The van der Waals surface area contributed by atoms with Crippen molar-refractivity contribution >= 4 is 0 Å². The molecule has 1 heterocycles. The first-order valence-electron chi connectivity index (χ1n) is 8.18. The first kappa shape index (κ1) is 14.1. The lowest BCUT2D eigenvalue weighted by Gasteiger charge is -2.20. The second-order valence-corrected chi connectivity index (χ2v) is 6.87. The molecular formula is C18H28N2. The van der Waals surface area contributed by atoms with Crippen LogP contribution in [0.2, 0.25) is 0 Å². The van der Waals surface area contributed by atoms with E-state index in [1.807, 2.05) is 0 Å². The van der Waals surface area contributed by atoms with Crippen LogP contribution in [0.15, 0.2) is 18.2 Å². The Kier molecular flexibility index (Phi) is 4.13. The van der Waals surface area contributed by atoms with Crippen molar-refractivity contribution in [2.45, 2.75) is 52.1 Å². The van der Waals surface area contributed by atoms with Crippen LogP contribution in [0.25, 0.3) is 0 Å². The zero-order chi connectivity index (χ0) is 14.1. The van der Waals surface area contributed by atoms with E-state index in [1.54, 1.807) is 0 Å². The molecule has 2 heteroatoms. The third kappa shape index (κ3) is 3.24. The van der Waals surface area contributed by atoms with Crippen LogP contribution >= 0.6 is 0 Å². The Labute approximate surface area is 123 Å². The summed E-state index contributed by atoms with van der Waals surface area (Å²) in [6.45, 7) is 10.5. The van der Waals surface area contributed by atoms with Crippen molar-refractivity contribution < 1.29 is 0 Å². The second kappa shape index (κ2) is 5.87. The largest absolute Gasteiger partial charge is 0.310 e. The molecule has 2 aliphatic rings. The molecule has 1 saturated heterocycles. The molecule has 1 N–H and O–H groups in total. The van der Waals surface area contributed by atoms with Gasteiger partial charge in [0.25, 0.3) is 0 Å². The van der Waals surface area contributed by atoms with E-state index in [9.17, 15) is 0 Å². The van der Waals surface area contributed by atoms with Crippen molar-refractivity contribution in [2.75, 3.05) is 19.6 Å². The third-order valence-corrected chi connectivity index (χ3v) is 4.99. The van der Waals surface area contributed by atoms with Crippen molar-refractivity contribution in [2.24, 2.45) is 5.92 Å². The highest BCUT2D eigenvalue weighted by Gasteiger charge is 2.34. The van der Waals surface area contributed by atoms with Gasteiger partial charge < -0.3 is 10.2 Å². The molecule has 1 aliphatic heterocycles. The summed E-state index contributed by atoms with van der Waals surface area (Å²) in [4.78, 5) is 2.70. The van der Waals surface area contributed by atoms with Crippen LogP contribution in [0.1, 0.15) is 48.9 Å². The summed E-state index contributed by atoms with van der Waals surface area (Å²) in [5, 5.41) is 3.76. The number of nitrogens with one attached hydrogen (secondary N) is 1. The molecule has 1 aromatic rings. The second-order valence-electron chi connectivity index (χ2n) is 6.87. The molecule has 0 aromatic heterocycles. The van der Waals surface area contributed by atoms with Crippen LogP contribution in [0.3, 0.4) is 0 Å². The predicted octanol–water partition coefficient (Wildman–Crippen LogP) is 3.44. The van der Waals surface area contributed by atoms with Crippen molar-refractivity contribution in [3.63, 3.8) is 0 Å². The fourth-order valence-electron chi connectivity index (χ4n) is 3.48. The molecule has 0 bridgehead atoms. The van der Waals surface area contributed by atoms with Gasteiger partial charge in [-0.15, -0.1) is 0 Å². The minimum Gasteiger partial charge on any atom is -0.310 e. The lowest BCUT2D eigenvalue weighted by atomic mass is 9.99. The lowest BCUT2D eigenvalue weighted by Crippen LogP contribution is -2.29. The van der Waals surface area contributed by atoms with Gasteiger partial charge in [0.05, 0.1) is 0 Å². The molecule has 0 spiro atoms. The zero-order valence-electron chi connectivity index (χ0n) is 13.2. The van der Waals surface area contributed by atoms with Crippen LogP contribution < -0.4 is 5.32 Å². The van der Waals surface area contributed by atoms with E-state index in [0.29, 0.717) is 6.04 Å². The van der Waals surface area contributed by atoms with Crippen molar-refractivity contribution in [3.05, 3.63) is 34.9 Å². The Balaban J connectivity index is 1.51. The van der Waals surface area contributed by atoms with Crippen molar-refractivity contribution in [3.8, 4) is 0 Å². The van der Waals surface area contributed by atoms with Crippen LogP contribution in [0, 0.1) is 19.8 Å². The molecule has 1 aromatic carbocycles. The van der Waals surface area contributed by atoms with Crippen LogP contribution in [-0.4, -0.2) is 30.6 Å². The number of hydrogen-bond donors (Lipinski definition) is 1. The van der Waals surface area contributed by atoms with E-state index in [4.69, 9.17) is 0 Å². The van der Waals surface area contributed by atoms with Crippen molar-refractivity contribution in [1.82, 2.24) is 10.2 Å². The summed E-state index contributed by atoms with van der Waals surface area (Å²) in [5.74, 6) is 0.850. The molecule has 1 aliphatic carbocycles. The molecule has 0 radical (unpaired) electrons. The van der Waals surface area contributed by atoms with Gasteiger partial charge in [0, 0.05) is 18.6 Å². The summed E-state index contributed by atoms with van der Waals surface area (Å²) in [5.41, 5.74) is 4.23. The normalized spacial score (nSPS) is 25.1. The van der Waals surface area contributed by atoms with Gasteiger partial charge in [-0.1, -0.05) is 23.8 Å². The standard InChI is InChI=1S/C18H28N2/c1-13-4-5-14(2)18(10-13)15(3)19-11-16-8-9-20(12-16)17-6-7-17/h4-5,10,15-17,19H,6-9,11-12H2,1-3H3. The van der Waals surface area contributed by atoms with Gasteiger partial charge in [-0.25, -0.2) is 0 Å². The number of nitrogens with zero attached hydrogens (tertiary/aromatic N) is 1. The number of benzene rings is 1. The molecule has 3 rings (SSSR count). The Hall–Kier alpha value is -0.860. The fraction of sp³-hybridized carbons (Fsp3) is 0.667. The molecule has 2 fully saturated rings. The SMILES string of the molecule is Cc1ccc(C)c(C(C)NCC2CCN(C3CC3)C2)c1. The van der Waals surface area contributed by atoms with E-state index in [0.717, 1.165) is 18.5 Å². The first-order chi connectivity index (χ1) is 9.63. The summed E-state index contributed by atoms with van der Waals surface area (Å²) >= 11 is 0. The highest BCUT2D eigenvalue weighted by molar-refractivity contribution is 5.32. The van der Waals surface area contributed by atoms with Gasteiger partial charge in [-0.05, 0) is 70.2 Å². The van der Waals surface area contributed by atoms with Crippen LogP contribution in [0.4, 0.5) is 0 Å². The predicted molar refractivity (Wildman–Crippen MR) is 85.0 cm³/mol. The smallest absolute Gasteiger partial charge is 0.0294 e. The van der Waals surface area contributed by atoms with E-state index < -0.39 is 0 Å². The first-order valence-corrected chi connectivity index (χ1v) is 8.18. The Morgan fingerprint density at radius 2 is 2.05 bits per heavy atom. The van der Waals surface area contributed by atoms with Gasteiger partial charge in [0.2, 0.25) is 0 Å². The van der Waals surface area contributed by atoms with E-state index in [-0.39, 0.29) is 0 Å². The summed E-state index contributed by atoms with van der Waals surface area (Å²) in [6.07, 6.45) is 4.26. The molecule has 0 amide bonds. The van der Waals surface area contributed by atoms with E-state index >= 15 is 0 Å². The number of likely N-dealkylation sites (tertiary alicyclic amines) is 1. The summed E-state index contributed by atoms with van der Waals surface area (Å²) in [7, 11) is 0. The third-order valence-electron chi connectivity index (χ3n) is 4.99. The van der Waals surface area contributed by atoms with Gasteiger partial charge in [-0.2, -0.15) is 0 Å². The maximum atomic E-state index is 3.76. The Morgan fingerprint density at radius 3 is 2.80 bits per heavy atom. The average Bonchev–Trinajstić information content (AvgIpc) is 3.18. The number of rotatable bonds is 5. The van der Waals surface area contributed by atoms with E-state index in [1.165, 1.54) is 49.0 Å². The van der Waals surface area contributed by atoms with E-state index in [2.05, 4.69) is 49.2 Å².